The summed E-state index contributed by atoms with van der Waals surface area (Å²) in [7, 11) is -2.54. The Kier molecular flexibility index (Phi) is 6.16. The molecule has 9 rings (SSSR count). The normalized spacial score (nSPS) is 15.3. The van der Waals surface area contributed by atoms with E-state index in [-0.39, 0.29) is 0 Å². The van der Waals surface area contributed by atoms with Crippen LogP contribution >= 0.6 is 0 Å². The van der Waals surface area contributed by atoms with Crippen LogP contribution in [0, 0.1) is 0 Å². The van der Waals surface area contributed by atoms with E-state index in [1.165, 1.54) is 0 Å². The number of hydrogen-bond acceptors (Lipinski definition) is 5. The summed E-state index contributed by atoms with van der Waals surface area (Å²) in [6.45, 7) is 0. The van der Waals surface area contributed by atoms with Crippen molar-refractivity contribution in [2.45, 2.75) is 4.90 Å². The highest BCUT2D eigenvalue weighted by atomic mass is 32.2. The summed E-state index contributed by atoms with van der Waals surface area (Å²) >= 11 is 0. The second-order valence-corrected chi connectivity index (χ2v) is 13.9. The minimum atomic E-state index is -2.54. The lowest BCUT2D eigenvalue weighted by molar-refractivity contribution is 0.680. The average molecular weight is 626 g/mol. The Morgan fingerprint density at radius 1 is 0.511 bits per heavy atom. The van der Waals surface area contributed by atoms with Crippen molar-refractivity contribution in [1.29, 1.82) is 0 Å². The van der Waals surface area contributed by atoms with E-state index < -0.39 is 9.73 Å². The van der Waals surface area contributed by atoms with Gasteiger partial charge < -0.3 is 0 Å². The molecular weight excluding hydrogens is 599 g/mol. The van der Waals surface area contributed by atoms with Crippen LogP contribution in [-0.2, 0) is 9.73 Å². The van der Waals surface area contributed by atoms with E-state index in [1.54, 1.807) is 6.26 Å². The van der Waals surface area contributed by atoms with Gasteiger partial charge in [0, 0.05) is 39.3 Å². The average Bonchev–Trinajstić information content (AvgIpc) is 3.45. The summed E-state index contributed by atoms with van der Waals surface area (Å²) in [4.78, 5) is 15.8. The van der Waals surface area contributed by atoms with E-state index in [0.717, 1.165) is 65.8 Å². The Labute approximate surface area is 272 Å². The summed E-state index contributed by atoms with van der Waals surface area (Å²) < 4.78 is 20.3. The Balaban J connectivity index is 1.25. The van der Waals surface area contributed by atoms with E-state index in [1.807, 2.05) is 91.0 Å². The van der Waals surface area contributed by atoms with E-state index >= 15 is 0 Å². The molecule has 0 amide bonds. The largest absolute Gasteiger partial charge is 0.278 e. The van der Waals surface area contributed by atoms with Crippen LogP contribution in [0.1, 0.15) is 0 Å². The number of aromatic nitrogens is 4. The molecule has 0 saturated heterocycles. The van der Waals surface area contributed by atoms with Crippen molar-refractivity contribution in [3.8, 4) is 51.0 Å². The smallest absolute Gasteiger partial charge is 0.238 e. The molecule has 1 atom stereocenters. The molecule has 7 heteroatoms. The third kappa shape index (κ3) is 4.55. The van der Waals surface area contributed by atoms with Gasteiger partial charge in [0.15, 0.2) is 11.6 Å². The Morgan fingerprint density at radius 2 is 1.11 bits per heavy atom. The standard InChI is InChI=1S/C40H27N5OS/c1-47(46)37-23-21-29(25-33(37)30-16-8-10-18-34(30)44-47)28-20-22-36-32(24-28)31-17-9-11-19-35(31)45(36)40-42-38(26-12-4-2-5-13-26)41-39(43-40)27-14-6-3-7-15-27/h2-25H,1H3. The van der Waals surface area contributed by atoms with Gasteiger partial charge in [-0.3, -0.25) is 4.57 Å². The van der Waals surface area contributed by atoms with Gasteiger partial charge in [-0.1, -0.05) is 109 Å². The Morgan fingerprint density at radius 3 is 1.85 bits per heavy atom. The topological polar surface area (TPSA) is 73.0 Å². The molecule has 0 bridgehead atoms. The van der Waals surface area contributed by atoms with E-state index in [0.29, 0.717) is 17.6 Å². The third-order valence-electron chi connectivity index (χ3n) is 8.75. The van der Waals surface area contributed by atoms with E-state index in [2.05, 4.69) is 63.5 Å². The molecule has 0 spiro atoms. The molecule has 3 heterocycles. The Hall–Kier alpha value is -5.92. The van der Waals surface area contributed by atoms with Crippen LogP contribution in [0.25, 0.3) is 72.8 Å². The molecule has 8 aromatic rings. The van der Waals surface area contributed by atoms with Crippen LogP contribution in [0.5, 0.6) is 0 Å². The zero-order valence-electron chi connectivity index (χ0n) is 25.4. The molecule has 6 aromatic carbocycles. The van der Waals surface area contributed by atoms with Crippen molar-refractivity contribution in [1.82, 2.24) is 19.5 Å². The van der Waals surface area contributed by atoms with E-state index in [4.69, 9.17) is 15.0 Å². The summed E-state index contributed by atoms with van der Waals surface area (Å²) in [5, 5.41) is 2.19. The monoisotopic (exact) mass is 625 g/mol. The van der Waals surface area contributed by atoms with Gasteiger partial charge in [-0.25, -0.2) is 9.19 Å². The predicted octanol–water partition coefficient (Wildman–Crippen LogP) is 9.74. The van der Waals surface area contributed by atoms with Crippen molar-refractivity contribution < 1.29 is 4.21 Å². The molecule has 0 saturated carbocycles. The third-order valence-corrected chi connectivity index (χ3v) is 10.5. The lowest BCUT2D eigenvalue weighted by Gasteiger charge is -2.20. The van der Waals surface area contributed by atoms with Gasteiger partial charge in [0.05, 0.1) is 31.3 Å². The molecule has 0 aliphatic carbocycles. The van der Waals surface area contributed by atoms with E-state index in [9.17, 15) is 4.21 Å². The summed E-state index contributed by atoms with van der Waals surface area (Å²) in [5.74, 6) is 1.79. The highest BCUT2D eigenvalue weighted by Gasteiger charge is 2.23. The lowest BCUT2D eigenvalue weighted by atomic mass is 9.97. The van der Waals surface area contributed by atoms with Crippen LogP contribution < -0.4 is 0 Å². The first-order valence-corrected chi connectivity index (χ1v) is 17.3. The number of para-hydroxylation sites is 1. The quantitative estimate of drug-likeness (QED) is 0.195. The summed E-state index contributed by atoms with van der Waals surface area (Å²) in [5.41, 5.74) is 8.71. The first-order chi connectivity index (χ1) is 23.0. The molecule has 1 unspecified atom stereocenters. The molecule has 47 heavy (non-hydrogen) atoms. The molecule has 0 N–H and O–H groups in total. The summed E-state index contributed by atoms with van der Waals surface area (Å²) in [6, 6.07) is 49.0. The maximum Gasteiger partial charge on any atom is 0.238 e. The molecular formula is C40H27N5OS. The number of fused-ring (bicyclic) bond motifs is 6. The minimum absolute atomic E-state index is 0.559. The van der Waals surface area contributed by atoms with Gasteiger partial charge in [-0.2, -0.15) is 14.3 Å². The zero-order chi connectivity index (χ0) is 31.5. The van der Waals surface area contributed by atoms with Crippen LogP contribution in [0.2, 0.25) is 0 Å². The molecule has 2 aromatic heterocycles. The summed E-state index contributed by atoms with van der Waals surface area (Å²) in [6.07, 6.45) is 1.72. The van der Waals surface area contributed by atoms with Crippen molar-refractivity contribution in [3.63, 3.8) is 0 Å². The molecule has 0 fully saturated rings. The van der Waals surface area contributed by atoms with Gasteiger partial charge in [0.1, 0.15) is 0 Å². The molecule has 1 aliphatic rings. The van der Waals surface area contributed by atoms with Crippen molar-refractivity contribution in [2.24, 2.45) is 4.36 Å². The Bertz CT molecular complexity index is 2580. The van der Waals surface area contributed by atoms with Gasteiger partial charge in [0.2, 0.25) is 5.95 Å². The van der Waals surface area contributed by atoms with Gasteiger partial charge in [-0.05, 0) is 47.5 Å². The maximum atomic E-state index is 13.5. The number of hydrogen-bond donors (Lipinski definition) is 0. The zero-order valence-corrected chi connectivity index (χ0v) is 26.2. The molecule has 6 nitrogen and oxygen atoms in total. The maximum absolute atomic E-state index is 13.5. The highest BCUT2D eigenvalue weighted by Crippen LogP contribution is 2.43. The van der Waals surface area contributed by atoms with Crippen molar-refractivity contribution in [2.75, 3.05) is 6.26 Å². The van der Waals surface area contributed by atoms with Gasteiger partial charge >= 0.3 is 0 Å². The molecule has 224 valence electrons. The van der Waals surface area contributed by atoms with Crippen LogP contribution in [-0.4, -0.2) is 30.0 Å². The second-order valence-electron chi connectivity index (χ2n) is 11.7. The van der Waals surface area contributed by atoms with Gasteiger partial charge in [-0.15, -0.1) is 0 Å². The fourth-order valence-corrected chi connectivity index (χ4v) is 8.06. The van der Waals surface area contributed by atoms with Crippen LogP contribution in [0.15, 0.2) is 155 Å². The fraction of sp³-hybridized carbons (Fsp3) is 0.0250. The first-order valence-electron chi connectivity index (χ1n) is 15.4. The van der Waals surface area contributed by atoms with Crippen molar-refractivity contribution in [3.05, 3.63) is 146 Å². The molecule has 0 radical (unpaired) electrons. The number of nitrogens with zero attached hydrogens (tertiary/aromatic N) is 5. The van der Waals surface area contributed by atoms with Crippen LogP contribution in [0.3, 0.4) is 0 Å². The SMILES string of the molecule is CS1(=O)=Nc2ccccc2-c2cc(-c3ccc4c(c3)c3ccccc3n4-c3nc(-c4ccccc4)nc(-c4ccccc4)n3)ccc21. The highest BCUT2D eigenvalue weighted by molar-refractivity contribution is 7.93. The van der Waals surface area contributed by atoms with Crippen molar-refractivity contribution >= 4 is 37.2 Å². The van der Waals surface area contributed by atoms with Crippen LogP contribution in [0.4, 0.5) is 5.69 Å². The number of benzene rings is 6. The predicted molar refractivity (Wildman–Crippen MR) is 190 cm³/mol. The number of rotatable bonds is 4. The fourth-order valence-electron chi connectivity index (χ4n) is 6.53. The minimum Gasteiger partial charge on any atom is -0.278 e. The van der Waals surface area contributed by atoms with Gasteiger partial charge in [0.25, 0.3) is 0 Å². The lowest BCUT2D eigenvalue weighted by Crippen LogP contribution is -2.06. The second kappa shape index (κ2) is 10.6. The molecule has 1 aliphatic heterocycles. The first kappa shape index (κ1) is 27.4.